The van der Waals surface area contributed by atoms with Crippen LogP contribution in [0.1, 0.15) is 6.92 Å². The van der Waals surface area contributed by atoms with E-state index in [-0.39, 0.29) is 12.1 Å². The standard InChI is InChI=1S/C15H18Cl2N4O2/c1-9(13-8-21(2)3-4-22-13)18-15-19-14(20-23-15)10-5-11(16)7-12(17)6-10/h5-7,9,13H,3-4,8H2,1-2H3,(H,18,19,20). The second-order valence-corrected chi connectivity index (χ2v) is 6.56. The topological polar surface area (TPSA) is 63.4 Å². The molecule has 23 heavy (non-hydrogen) atoms. The van der Waals surface area contributed by atoms with Crippen molar-refractivity contribution < 1.29 is 9.26 Å². The van der Waals surface area contributed by atoms with Crippen LogP contribution in [0, 0.1) is 0 Å². The molecular weight excluding hydrogens is 339 g/mol. The molecule has 0 saturated carbocycles. The number of aromatic nitrogens is 2. The van der Waals surface area contributed by atoms with Crippen LogP contribution < -0.4 is 5.32 Å². The van der Waals surface area contributed by atoms with Gasteiger partial charge in [0.1, 0.15) is 0 Å². The van der Waals surface area contributed by atoms with Crippen LogP contribution in [0.4, 0.5) is 6.01 Å². The van der Waals surface area contributed by atoms with Gasteiger partial charge in [-0.05, 0) is 32.2 Å². The van der Waals surface area contributed by atoms with Crippen LogP contribution in [0.2, 0.25) is 10.0 Å². The quantitative estimate of drug-likeness (QED) is 0.907. The molecular formula is C15H18Cl2N4O2. The fourth-order valence-corrected chi connectivity index (χ4v) is 3.01. The van der Waals surface area contributed by atoms with Gasteiger partial charge in [0, 0.05) is 28.7 Å². The number of nitrogens with one attached hydrogen (secondary N) is 1. The number of anilines is 1. The Hall–Kier alpha value is -1.34. The van der Waals surface area contributed by atoms with Crippen molar-refractivity contribution in [2.24, 2.45) is 0 Å². The summed E-state index contributed by atoms with van der Waals surface area (Å²) in [6.45, 7) is 4.57. The fraction of sp³-hybridized carbons (Fsp3) is 0.467. The summed E-state index contributed by atoms with van der Waals surface area (Å²) >= 11 is 12.0. The van der Waals surface area contributed by atoms with Gasteiger partial charge in [0.25, 0.3) is 0 Å². The van der Waals surface area contributed by atoms with Gasteiger partial charge in [-0.2, -0.15) is 4.98 Å². The van der Waals surface area contributed by atoms with E-state index in [0.29, 0.717) is 27.4 Å². The Morgan fingerprint density at radius 1 is 1.30 bits per heavy atom. The molecule has 0 bridgehead atoms. The monoisotopic (exact) mass is 356 g/mol. The largest absolute Gasteiger partial charge is 0.373 e. The predicted molar refractivity (Wildman–Crippen MR) is 90.1 cm³/mol. The molecule has 1 aliphatic rings. The minimum atomic E-state index is 0.0500. The number of nitrogens with zero attached hydrogens (tertiary/aromatic N) is 3. The van der Waals surface area contributed by atoms with E-state index in [9.17, 15) is 0 Å². The van der Waals surface area contributed by atoms with E-state index in [1.54, 1.807) is 18.2 Å². The lowest BCUT2D eigenvalue weighted by atomic mass is 10.1. The van der Waals surface area contributed by atoms with E-state index in [0.717, 1.165) is 19.7 Å². The van der Waals surface area contributed by atoms with Crippen LogP contribution in [-0.2, 0) is 4.74 Å². The zero-order valence-corrected chi connectivity index (χ0v) is 14.4. The predicted octanol–water partition coefficient (Wildman–Crippen LogP) is 3.17. The van der Waals surface area contributed by atoms with Gasteiger partial charge in [0.05, 0.1) is 18.8 Å². The van der Waals surface area contributed by atoms with Crippen molar-refractivity contribution in [2.45, 2.75) is 19.1 Å². The molecule has 2 atom stereocenters. The second kappa shape index (κ2) is 7.05. The molecule has 2 unspecified atom stereocenters. The zero-order chi connectivity index (χ0) is 16.4. The third kappa shape index (κ3) is 4.14. The normalized spacial score (nSPS) is 20.4. The van der Waals surface area contributed by atoms with E-state index in [4.69, 9.17) is 32.5 Å². The van der Waals surface area contributed by atoms with E-state index in [1.165, 1.54) is 0 Å². The highest BCUT2D eigenvalue weighted by atomic mass is 35.5. The van der Waals surface area contributed by atoms with Gasteiger partial charge < -0.3 is 19.5 Å². The highest BCUT2D eigenvalue weighted by molar-refractivity contribution is 6.35. The fourth-order valence-electron chi connectivity index (χ4n) is 2.48. The van der Waals surface area contributed by atoms with E-state index < -0.39 is 0 Å². The van der Waals surface area contributed by atoms with Gasteiger partial charge in [-0.3, -0.25) is 0 Å². The van der Waals surface area contributed by atoms with E-state index >= 15 is 0 Å². The highest BCUT2D eigenvalue weighted by Gasteiger charge is 2.25. The number of rotatable bonds is 4. The number of halogens is 2. The van der Waals surface area contributed by atoms with Gasteiger partial charge in [-0.1, -0.05) is 28.4 Å². The number of hydrogen-bond acceptors (Lipinski definition) is 6. The Morgan fingerprint density at radius 2 is 2.04 bits per heavy atom. The summed E-state index contributed by atoms with van der Waals surface area (Å²) in [7, 11) is 2.08. The Labute approximate surface area is 144 Å². The molecule has 1 fully saturated rings. The highest BCUT2D eigenvalue weighted by Crippen LogP contribution is 2.26. The lowest BCUT2D eigenvalue weighted by Gasteiger charge is -2.33. The summed E-state index contributed by atoms with van der Waals surface area (Å²) in [6, 6.07) is 5.54. The minimum absolute atomic E-state index is 0.0500. The minimum Gasteiger partial charge on any atom is -0.373 e. The third-order valence-electron chi connectivity index (χ3n) is 3.75. The Kier molecular flexibility index (Phi) is 5.06. The van der Waals surface area contributed by atoms with Gasteiger partial charge in [-0.15, -0.1) is 0 Å². The molecule has 0 aliphatic carbocycles. The number of benzene rings is 1. The number of hydrogen-bond donors (Lipinski definition) is 1. The average Bonchev–Trinajstić information content (AvgIpc) is 2.95. The maximum Gasteiger partial charge on any atom is 0.322 e. The van der Waals surface area contributed by atoms with Crippen molar-refractivity contribution in [3.05, 3.63) is 28.2 Å². The van der Waals surface area contributed by atoms with Crippen molar-refractivity contribution >= 4 is 29.2 Å². The van der Waals surface area contributed by atoms with Gasteiger partial charge >= 0.3 is 6.01 Å². The Bertz CT molecular complexity index is 659. The zero-order valence-electron chi connectivity index (χ0n) is 12.9. The van der Waals surface area contributed by atoms with Crippen LogP contribution >= 0.6 is 23.2 Å². The van der Waals surface area contributed by atoms with Crippen LogP contribution in [0.3, 0.4) is 0 Å². The Balaban J connectivity index is 1.69. The molecule has 2 heterocycles. The van der Waals surface area contributed by atoms with Gasteiger partial charge in [0.2, 0.25) is 5.82 Å². The van der Waals surface area contributed by atoms with E-state index in [2.05, 4.69) is 27.4 Å². The lowest BCUT2D eigenvalue weighted by molar-refractivity contribution is -0.0263. The molecule has 124 valence electrons. The third-order valence-corrected chi connectivity index (χ3v) is 4.19. The first kappa shape index (κ1) is 16.5. The van der Waals surface area contributed by atoms with Gasteiger partial charge in [-0.25, -0.2) is 0 Å². The molecule has 1 aromatic carbocycles. The van der Waals surface area contributed by atoms with Crippen molar-refractivity contribution in [1.82, 2.24) is 15.0 Å². The van der Waals surface area contributed by atoms with Crippen LogP contribution in [0.15, 0.2) is 22.7 Å². The number of ether oxygens (including phenoxy) is 1. The summed E-state index contributed by atoms with van der Waals surface area (Å²) in [4.78, 5) is 6.58. The molecule has 8 heteroatoms. The molecule has 1 N–H and O–H groups in total. The first-order valence-corrected chi connectivity index (χ1v) is 8.14. The van der Waals surface area contributed by atoms with E-state index in [1.807, 2.05) is 6.92 Å². The van der Waals surface area contributed by atoms with Crippen molar-refractivity contribution in [1.29, 1.82) is 0 Å². The molecule has 6 nitrogen and oxygen atoms in total. The molecule has 3 rings (SSSR count). The average molecular weight is 357 g/mol. The molecule has 0 amide bonds. The van der Waals surface area contributed by atoms with Crippen LogP contribution in [-0.4, -0.2) is 53.9 Å². The summed E-state index contributed by atoms with van der Waals surface area (Å²) in [6.07, 6.45) is 0.0738. The van der Waals surface area contributed by atoms with Crippen molar-refractivity contribution in [3.8, 4) is 11.4 Å². The molecule has 2 aromatic rings. The number of likely N-dealkylation sites (N-methyl/N-ethyl adjacent to an activating group) is 1. The lowest BCUT2D eigenvalue weighted by Crippen LogP contribution is -2.47. The summed E-state index contributed by atoms with van der Waals surface area (Å²) in [5, 5.41) is 8.21. The molecule has 1 aliphatic heterocycles. The first-order chi connectivity index (χ1) is 11.0. The smallest absolute Gasteiger partial charge is 0.322 e. The number of morpholine rings is 1. The second-order valence-electron chi connectivity index (χ2n) is 5.69. The van der Waals surface area contributed by atoms with Crippen LogP contribution in [0.5, 0.6) is 0 Å². The summed E-state index contributed by atoms with van der Waals surface area (Å²) in [5.41, 5.74) is 0.709. The summed E-state index contributed by atoms with van der Waals surface area (Å²) < 4.78 is 11.0. The first-order valence-electron chi connectivity index (χ1n) is 7.38. The molecule has 0 radical (unpaired) electrons. The maximum absolute atomic E-state index is 6.00. The van der Waals surface area contributed by atoms with Gasteiger partial charge in [0.15, 0.2) is 0 Å². The van der Waals surface area contributed by atoms with Crippen molar-refractivity contribution in [2.75, 3.05) is 32.1 Å². The van der Waals surface area contributed by atoms with Crippen molar-refractivity contribution in [3.63, 3.8) is 0 Å². The Morgan fingerprint density at radius 3 is 2.74 bits per heavy atom. The molecule has 1 aromatic heterocycles. The van der Waals surface area contributed by atoms with Crippen LogP contribution in [0.25, 0.3) is 11.4 Å². The SMILES string of the molecule is CC(Nc1nc(-c2cc(Cl)cc(Cl)c2)no1)C1CN(C)CCO1. The molecule has 0 spiro atoms. The summed E-state index contributed by atoms with van der Waals surface area (Å²) in [5.74, 6) is 0.436. The molecule has 1 saturated heterocycles. The maximum atomic E-state index is 6.00.